The van der Waals surface area contributed by atoms with Crippen LogP contribution in [0, 0.1) is 11.6 Å². The molecule has 0 fully saturated rings. The first-order chi connectivity index (χ1) is 15.9. The van der Waals surface area contributed by atoms with Crippen molar-refractivity contribution in [2.24, 2.45) is 0 Å². The molecule has 0 aliphatic carbocycles. The molecule has 2 heterocycles. The van der Waals surface area contributed by atoms with E-state index in [1.165, 1.54) is 37.5 Å². The van der Waals surface area contributed by atoms with Gasteiger partial charge >= 0.3 is 0 Å². The maximum absolute atomic E-state index is 14.4. The first-order valence-electron chi connectivity index (χ1n) is 9.65. The summed E-state index contributed by atoms with van der Waals surface area (Å²) in [4.78, 5) is 19.8. The van der Waals surface area contributed by atoms with Gasteiger partial charge in [0.25, 0.3) is 0 Å². The Morgan fingerprint density at radius 3 is 2.39 bits per heavy atom. The van der Waals surface area contributed by atoms with Crippen LogP contribution in [-0.4, -0.2) is 58.1 Å². The van der Waals surface area contributed by atoms with Crippen LogP contribution in [0.1, 0.15) is 5.56 Å². The van der Waals surface area contributed by atoms with E-state index >= 15 is 0 Å². The smallest absolute Gasteiger partial charge is 0.241 e. The Morgan fingerprint density at radius 1 is 1.12 bits per heavy atom. The Morgan fingerprint density at radius 2 is 1.79 bits per heavy atom. The van der Waals surface area contributed by atoms with Crippen LogP contribution in [0.25, 0.3) is 0 Å². The average Bonchev–Trinajstić information content (AvgIpc) is 3.25. The number of nitrogens with one attached hydrogen (secondary N) is 2. The predicted molar refractivity (Wildman–Crippen MR) is 111 cm³/mol. The Labute approximate surface area is 187 Å². The van der Waals surface area contributed by atoms with Gasteiger partial charge in [-0.1, -0.05) is 0 Å². The molecule has 0 radical (unpaired) electrons. The quantitative estimate of drug-likeness (QED) is 0.385. The van der Waals surface area contributed by atoms with Crippen LogP contribution in [-0.2, 0) is 17.9 Å². The highest BCUT2D eigenvalue weighted by Gasteiger charge is 2.20. The van der Waals surface area contributed by atoms with Crippen LogP contribution in [0.2, 0.25) is 0 Å². The summed E-state index contributed by atoms with van der Waals surface area (Å²) in [5.74, 6) is -2.03. The minimum atomic E-state index is -0.892. The number of amides is 1. The van der Waals surface area contributed by atoms with Gasteiger partial charge in [0.05, 0.1) is 50.7 Å². The molecule has 0 saturated carbocycles. The summed E-state index contributed by atoms with van der Waals surface area (Å²) in [5, 5.41) is 18.2. The molecule has 33 heavy (non-hydrogen) atoms. The molecule has 11 nitrogen and oxygen atoms in total. The number of carbonyl (C=O) groups is 1. The summed E-state index contributed by atoms with van der Waals surface area (Å²) in [6.07, 6.45) is 5.72. The van der Waals surface area contributed by atoms with E-state index in [-0.39, 0.29) is 54.4 Å². The van der Waals surface area contributed by atoms with Gasteiger partial charge in [-0.25, -0.2) is 18.7 Å². The van der Waals surface area contributed by atoms with Gasteiger partial charge in [0, 0.05) is 18.8 Å². The average molecular weight is 464 g/mol. The normalized spacial score (nSPS) is 10.6. The summed E-state index contributed by atoms with van der Waals surface area (Å²) >= 11 is 0. The molecule has 3 N–H and O–H groups in total. The molecule has 13 heteroatoms. The van der Waals surface area contributed by atoms with Crippen molar-refractivity contribution in [2.45, 2.75) is 13.2 Å². The van der Waals surface area contributed by atoms with Crippen LogP contribution in [0.4, 0.5) is 20.4 Å². The topological polar surface area (TPSA) is 133 Å². The zero-order valence-corrected chi connectivity index (χ0v) is 17.8. The van der Waals surface area contributed by atoms with Crippen LogP contribution in [0.5, 0.6) is 17.2 Å². The maximum atomic E-state index is 14.4. The fraction of sp³-hybridized carbons (Fsp3) is 0.300. The highest BCUT2D eigenvalue weighted by molar-refractivity contribution is 5.75. The van der Waals surface area contributed by atoms with Gasteiger partial charge in [-0.2, -0.15) is 5.10 Å². The van der Waals surface area contributed by atoms with Crippen molar-refractivity contribution in [3.05, 3.63) is 48.1 Å². The van der Waals surface area contributed by atoms with E-state index < -0.39 is 18.2 Å². The van der Waals surface area contributed by atoms with Gasteiger partial charge in [0.15, 0.2) is 28.9 Å². The molecule has 0 unspecified atom stereocenters. The summed E-state index contributed by atoms with van der Waals surface area (Å²) in [6.45, 7) is -0.436. The fourth-order valence-corrected chi connectivity index (χ4v) is 2.72. The van der Waals surface area contributed by atoms with Crippen LogP contribution in [0.15, 0.2) is 30.9 Å². The van der Waals surface area contributed by atoms with Crippen molar-refractivity contribution in [1.82, 2.24) is 25.1 Å². The number of carbonyl (C=O) groups excluding carboxylic acids is 1. The first kappa shape index (κ1) is 23.7. The minimum Gasteiger partial charge on any atom is -0.494 e. The summed E-state index contributed by atoms with van der Waals surface area (Å²) in [6, 6.07) is 1.11. The summed E-state index contributed by atoms with van der Waals surface area (Å²) in [5.41, 5.74) is 0.176. The van der Waals surface area contributed by atoms with Crippen molar-refractivity contribution in [3.8, 4) is 17.2 Å². The fourth-order valence-electron chi connectivity index (χ4n) is 2.72. The second kappa shape index (κ2) is 11.0. The number of rotatable bonds is 11. The highest BCUT2D eigenvalue weighted by Crippen LogP contribution is 2.32. The number of halogens is 2. The van der Waals surface area contributed by atoms with E-state index in [1.54, 1.807) is 6.20 Å². The second-order valence-electron chi connectivity index (χ2n) is 6.54. The Balaban J connectivity index is 1.60. The lowest BCUT2D eigenvalue weighted by Gasteiger charge is -2.13. The van der Waals surface area contributed by atoms with Crippen LogP contribution >= 0.6 is 0 Å². The highest BCUT2D eigenvalue weighted by atomic mass is 19.1. The lowest BCUT2D eigenvalue weighted by Crippen LogP contribution is -2.30. The zero-order valence-electron chi connectivity index (χ0n) is 17.8. The zero-order chi connectivity index (χ0) is 23.8. The van der Waals surface area contributed by atoms with Crippen molar-refractivity contribution in [1.29, 1.82) is 0 Å². The molecular weight excluding hydrogens is 442 g/mol. The molecule has 1 aromatic carbocycles. The van der Waals surface area contributed by atoms with Gasteiger partial charge in [-0.05, 0) is 0 Å². The number of benzene rings is 1. The third-order valence-electron chi connectivity index (χ3n) is 4.30. The molecule has 0 atom stereocenters. The Hall–Kier alpha value is -4.00. The molecule has 0 spiro atoms. The Bertz CT molecular complexity index is 1070. The van der Waals surface area contributed by atoms with Crippen molar-refractivity contribution in [2.75, 3.05) is 32.7 Å². The van der Waals surface area contributed by atoms with Crippen LogP contribution < -0.4 is 24.8 Å². The molecule has 0 aliphatic rings. The van der Waals surface area contributed by atoms with Gasteiger partial charge < -0.3 is 30.0 Å². The second-order valence-corrected chi connectivity index (χ2v) is 6.54. The number of hydrogen-bond acceptors (Lipinski definition) is 9. The van der Waals surface area contributed by atoms with E-state index in [9.17, 15) is 13.6 Å². The number of aromatic nitrogens is 4. The number of aliphatic hydroxyl groups is 1. The van der Waals surface area contributed by atoms with Gasteiger partial charge in [0.1, 0.15) is 13.2 Å². The third kappa shape index (κ3) is 6.04. The first-order valence-corrected chi connectivity index (χ1v) is 9.65. The largest absolute Gasteiger partial charge is 0.494 e. The standard InChI is InChI=1S/C20H22F2N6O5/c1-31-15-5-16(32-2)19(22)14(18(15)21)11-33-13-7-24-20(25-8-13)27-12-6-26-28(9-12)10-17(30)23-3-4-29/h5-9,29H,3-4,10-11H2,1-2H3,(H,23,30)(H,24,25,27). The summed E-state index contributed by atoms with van der Waals surface area (Å²) in [7, 11) is 2.52. The van der Waals surface area contributed by atoms with E-state index in [2.05, 4.69) is 25.7 Å². The Kier molecular flexibility index (Phi) is 7.91. The number of nitrogens with zero attached hydrogens (tertiary/aromatic N) is 4. The molecule has 0 saturated heterocycles. The van der Waals surface area contributed by atoms with Gasteiger partial charge in [0.2, 0.25) is 11.9 Å². The van der Waals surface area contributed by atoms with Crippen molar-refractivity contribution in [3.63, 3.8) is 0 Å². The van der Waals surface area contributed by atoms with E-state index in [4.69, 9.17) is 19.3 Å². The minimum absolute atomic E-state index is 0.0164. The lowest BCUT2D eigenvalue weighted by molar-refractivity contribution is -0.122. The molecule has 176 valence electrons. The predicted octanol–water partition coefficient (Wildman–Crippen LogP) is 1.40. The lowest BCUT2D eigenvalue weighted by atomic mass is 10.1. The van der Waals surface area contributed by atoms with E-state index in [0.717, 1.165) is 6.07 Å². The monoisotopic (exact) mass is 464 g/mol. The molecule has 2 aromatic heterocycles. The number of methoxy groups -OCH3 is 2. The molecule has 0 bridgehead atoms. The number of ether oxygens (including phenoxy) is 3. The SMILES string of the molecule is COc1cc(OC)c(F)c(COc2cnc(Nc3cnn(CC(=O)NCCO)c3)nc2)c1F. The van der Waals surface area contributed by atoms with Crippen molar-refractivity contribution >= 4 is 17.5 Å². The van der Waals surface area contributed by atoms with Crippen molar-refractivity contribution < 1.29 is 32.9 Å². The van der Waals surface area contributed by atoms with Crippen LogP contribution in [0.3, 0.4) is 0 Å². The summed E-state index contributed by atoms with van der Waals surface area (Å²) < 4.78 is 45.4. The molecule has 3 aromatic rings. The van der Waals surface area contributed by atoms with Gasteiger partial charge in [-0.15, -0.1) is 0 Å². The third-order valence-corrected chi connectivity index (χ3v) is 4.30. The number of hydrogen-bond donors (Lipinski definition) is 3. The van der Waals surface area contributed by atoms with E-state index in [1.807, 2.05) is 0 Å². The number of aliphatic hydroxyl groups excluding tert-OH is 1. The molecular formula is C20H22F2N6O5. The molecule has 0 aliphatic heterocycles. The van der Waals surface area contributed by atoms with E-state index in [0.29, 0.717) is 5.69 Å². The molecule has 1 amide bonds. The van der Waals surface area contributed by atoms with Gasteiger partial charge in [-0.3, -0.25) is 9.48 Å². The maximum Gasteiger partial charge on any atom is 0.241 e. The number of anilines is 2. The molecule has 3 rings (SSSR count).